The highest BCUT2D eigenvalue weighted by molar-refractivity contribution is 5.77. The molecule has 0 aromatic rings. The fourth-order valence-electron chi connectivity index (χ4n) is 13.1. The first-order valence-electron chi connectivity index (χ1n) is 54.1. The number of carbonyl (C=O) groups is 3. The highest BCUT2D eigenvalue weighted by atomic mass is 16.2. The van der Waals surface area contributed by atoms with Crippen LogP contribution in [0.25, 0.3) is 0 Å². The second kappa shape index (κ2) is 137. The lowest BCUT2D eigenvalue weighted by Gasteiger charge is -2.21. The summed E-state index contributed by atoms with van der Waals surface area (Å²) in [6, 6.07) is 0. The van der Waals surface area contributed by atoms with Gasteiger partial charge >= 0.3 is 0 Å². The third-order valence-corrected chi connectivity index (χ3v) is 20.6. The van der Waals surface area contributed by atoms with Crippen LogP contribution < -0.4 is 0 Å². The molecule has 0 aromatic carbocycles. The Morgan fingerprint density at radius 1 is 0.167 bits per heavy atom. The molecule has 9 fully saturated rings. The number of hydrogen-bond donors (Lipinski definition) is 0. The molecule has 0 atom stereocenters. The SMILES string of the molecule is C=C1CCC=CCN1C.CC.CC.CC.CC.CC.CC.CC.CC.CC.CC.CC.CC.CC.CN1CC=CCC1.CN1CC=CCCC1.CN1CCC=CCC1.CN1CCCC1.CN1CCCC1=O.CN1CCCCC1.CN1CCCCC1.CN1CCCCC1=O.CN1CCCCCC1.CN1CCCCCC1.CN1CCCCCC1.CN1CCCCCC1=O. The van der Waals surface area contributed by atoms with Crippen LogP contribution in [0, 0.1) is 0 Å². The second-order valence-corrected chi connectivity index (χ2v) is 30.9. The minimum absolute atomic E-state index is 0.292. The zero-order chi connectivity index (χ0) is 99.5. The molecule has 0 bridgehead atoms. The van der Waals surface area contributed by atoms with Crippen molar-refractivity contribution in [2.24, 2.45) is 0 Å². The van der Waals surface area contributed by atoms with Crippen LogP contribution >= 0.6 is 0 Å². The van der Waals surface area contributed by atoms with E-state index in [1.165, 1.54) is 290 Å². The molecule has 0 unspecified atom stereocenters. The van der Waals surface area contributed by atoms with Crippen LogP contribution in [0.15, 0.2) is 60.9 Å². The molecule has 13 aliphatic heterocycles. The van der Waals surface area contributed by atoms with Crippen LogP contribution in [-0.2, 0) is 14.4 Å². The maximum atomic E-state index is 10.9. The van der Waals surface area contributed by atoms with Gasteiger partial charge in [0.25, 0.3) is 0 Å². The van der Waals surface area contributed by atoms with Crippen LogP contribution in [0.1, 0.15) is 411 Å². The summed E-state index contributed by atoms with van der Waals surface area (Å²) in [7, 11) is 27.3. The van der Waals surface area contributed by atoms with Crippen molar-refractivity contribution >= 4 is 17.7 Å². The van der Waals surface area contributed by atoms with Gasteiger partial charge in [-0.2, -0.15) is 0 Å². The number of amides is 3. The summed E-state index contributed by atoms with van der Waals surface area (Å²) in [5.74, 6) is 0.906. The molecule has 13 rings (SSSR count). The van der Waals surface area contributed by atoms with E-state index in [9.17, 15) is 14.4 Å². The Morgan fingerprint density at radius 3 is 0.627 bits per heavy atom. The van der Waals surface area contributed by atoms with Gasteiger partial charge in [0.2, 0.25) is 17.7 Å². The van der Waals surface area contributed by atoms with Gasteiger partial charge in [-0.15, -0.1) is 0 Å². The van der Waals surface area contributed by atoms with Crippen molar-refractivity contribution in [2.75, 3.05) is 236 Å². The monoisotopic (exact) mass is 1790 g/mol. The summed E-state index contributed by atoms with van der Waals surface area (Å²) in [5, 5.41) is 0. The fraction of sp³-hybridized carbons (Fsp3) is 0.882. The molecule has 0 saturated carbocycles. The van der Waals surface area contributed by atoms with E-state index in [0.717, 1.165) is 90.6 Å². The normalized spacial score (nSPS) is 19.2. The van der Waals surface area contributed by atoms with Gasteiger partial charge in [-0.3, -0.25) is 14.4 Å². The zero-order valence-corrected chi connectivity index (χ0v) is 94.4. The van der Waals surface area contributed by atoms with E-state index in [2.05, 4.69) is 175 Å². The van der Waals surface area contributed by atoms with Gasteiger partial charge in [0.05, 0.1) is 0 Å². The molecule has 16 heteroatoms. The van der Waals surface area contributed by atoms with Gasteiger partial charge in [0.1, 0.15) is 0 Å². The van der Waals surface area contributed by atoms with E-state index in [-0.39, 0.29) is 0 Å². The van der Waals surface area contributed by atoms with E-state index in [0.29, 0.717) is 17.7 Å². The molecule has 0 radical (unpaired) electrons. The van der Waals surface area contributed by atoms with Gasteiger partial charge in [0.15, 0.2) is 0 Å². The highest BCUT2D eigenvalue weighted by Crippen LogP contribution is 2.14. The number of allylic oxidation sites excluding steroid dienone is 3. The first-order valence-corrected chi connectivity index (χ1v) is 54.1. The number of hydrogen-bond acceptors (Lipinski definition) is 13. The third-order valence-electron chi connectivity index (χ3n) is 20.6. The van der Waals surface area contributed by atoms with Crippen LogP contribution in [0.2, 0.25) is 0 Å². The molecule has 126 heavy (non-hydrogen) atoms. The molecule has 13 aliphatic rings. The van der Waals surface area contributed by atoms with Crippen molar-refractivity contribution in [3.63, 3.8) is 0 Å². The van der Waals surface area contributed by atoms with Crippen molar-refractivity contribution < 1.29 is 14.4 Å². The molecule has 0 aliphatic carbocycles. The van der Waals surface area contributed by atoms with E-state index in [1.807, 2.05) is 206 Å². The largest absolute Gasteiger partial charge is 0.375 e. The van der Waals surface area contributed by atoms with Gasteiger partial charge < -0.3 is 63.7 Å². The predicted molar refractivity (Wildman–Crippen MR) is 582 cm³/mol. The van der Waals surface area contributed by atoms with Crippen molar-refractivity contribution in [3.8, 4) is 0 Å². The number of likely N-dealkylation sites (N-methyl/N-ethyl adjacent to an activating group) is 3. The van der Waals surface area contributed by atoms with Crippen LogP contribution in [0.4, 0.5) is 0 Å². The zero-order valence-electron chi connectivity index (χ0n) is 94.4. The average Bonchev–Trinajstić information content (AvgIpc) is 1.48. The van der Waals surface area contributed by atoms with Crippen molar-refractivity contribution in [1.29, 1.82) is 0 Å². The second-order valence-electron chi connectivity index (χ2n) is 30.9. The first-order chi connectivity index (χ1) is 61.3. The molecule has 0 spiro atoms. The molecule has 9 saturated heterocycles. The number of likely N-dealkylation sites (tertiary alicyclic amines) is 9. The van der Waals surface area contributed by atoms with E-state index in [4.69, 9.17) is 0 Å². The van der Waals surface area contributed by atoms with Crippen molar-refractivity contribution in [2.45, 2.75) is 411 Å². The van der Waals surface area contributed by atoms with Gasteiger partial charge in [-0.25, -0.2) is 0 Å². The standard InChI is InChI=1S/C8H13N.C7H13NO.3C7H15N.2C7H13N.C6H11NO.2C6H13N.C6H11N.C5H9NO.C5H11N.13C2H6/c1-8-6-4-3-5-7-9(8)2;1-8-6-4-2-3-5-7(8)9;5*1-8-6-4-2-3-5-7-8;1-7-5-3-2-4-6(7)8;3*1-7-5-3-2-4-6-7;1-6-4-2-3-5(6)7;1-6-4-2-3-5-6;13*1-2/h3,5H,1,4,6-7H2,2H3;2-6H2,1H3;3*2-7H2,1H3;2,4H,3,5-7H2,1H3;2-3H,4-7H2,1H3;2-5H2,1H3;2*2-6H2,1H3;2-3H,4-6H2,1H3;2-4H2,1H3;2-5H2,1H3;13*1-2H3. The quantitative estimate of drug-likeness (QED) is 0.216. The smallest absolute Gasteiger partial charge is 0.222 e. The Balaban J connectivity index is -0.0000000977. The molecule has 13 heterocycles. The molecule has 766 valence electrons. The fourth-order valence-corrected chi connectivity index (χ4v) is 13.1. The lowest BCUT2D eigenvalue weighted by molar-refractivity contribution is -0.132. The molecule has 0 N–H and O–H groups in total. The number of rotatable bonds is 0. The summed E-state index contributed by atoms with van der Waals surface area (Å²) in [4.78, 5) is 61.1. The summed E-state index contributed by atoms with van der Waals surface area (Å²) in [6.07, 6.45) is 64.1. The van der Waals surface area contributed by atoms with Crippen LogP contribution in [0.5, 0.6) is 0 Å². The first kappa shape index (κ1) is 151. The maximum absolute atomic E-state index is 10.9. The third kappa shape index (κ3) is 125. The predicted octanol–water partition coefficient (Wildman–Crippen LogP) is 27.8. The Kier molecular flexibility index (Phi) is 164. The van der Waals surface area contributed by atoms with Crippen LogP contribution in [-0.4, -0.2) is 317 Å². The van der Waals surface area contributed by atoms with Gasteiger partial charge in [-0.05, 0) is 303 Å². The summed E-state index contributed by atoms with van der Waals surface area (Å²) in [5.41, 5.74) is 1.25. The molecule has 3 amide bonds. The minimum atomic E-state index is 0.292. The Bertz CT molecular complexity index is 1950. The lowest BCUT2D eigenvalue weighted by Crippen LogP contribution is -2.31. The minimum Gasteiger partial charge on any atom is -0.375 e. The molecular weight excluding hydrogens is 1550 g/mol. The summed E-state index contributed by atoms with van der Waals surface area (Å²) >= 11 is 0. The summed E-state index contributed by atoms with van der Waals surface area (Å²) < 4.78 is 0. The molecule has 0 aromatic heterocycles. The van der Waals surface area contributed by atoms with E-state index < -0.39 is 0 Å². The number of nitrogens with zero attached hydrogens (tertiary/aromatic N) is 13. The Hall–Kier alpha value is -3.45. The topological polar surface area (TPSA) is 93.3 Å². The number of carbonyl (C=O) groups excluding carboxylic acids is 3. The van der Waals surface area contributed by atoms with E-state index in [1.54, 1.807) is 9.80 Å². The Morgan fingerprint density at radius 2 is 0.349 bits per heavy atom. The average molecular weight is 1800 g/mol. The lowest BCUT2D eigenvalue weighted by atomic mass is 10.1. The highest BCUT2D eigenvalue weighted by Gasteiger charge is 2.16. The van der Waals surface area contributed by atoms with E-state index >= 15 is 0 Å². The maximum Gasteiger partial charge on any atom is 0.222 e. The van der Waals surface area contributed by atoms with Gasteiger partial charge in [-0.1, -0.05) is 293 Å². The molecule has 16 nitrogen and oxygen atoms in total. The van der Waals surface area contributed by atoms with Crippen molar-refractivity contribution in [1.82, 2.24) is 63.7 Å². The Labute approximate surface area is 799 Å². The molecular formula is C110H243N13O3. The summed E-state index contributed by atoms with van der Waals surface area (Å²) in [6.45, 7) is 82.9. The number of piperidine rings is 3. The van der Waals surface area contributed by atoms with Gasteiger partial charge in [0, 0.05) is 112 Å². The van der Waals surface area contributed by atoms with Crippen LogP contribution in [0.3, 0.4) is 0 Å². The van der Waals surface area contributed by atoms with Crippen molar-refractivity contribution in [3.05, 3.63) is 60.9 Å².